The van der Waals surface area contributed by atoms with Crippen LogP contribution in [0.3, 0.4) is 0 Å². The van der Waals surface area contributed by atoms with Gasteiger partial charge in [-0.3, -0.25) is 0 Å². The van der Waals surface area contributed by atoms with E-state index in [1.807, 2.05) is 0 Å². The smallest absolute Gasteiger partial charge is 0.284 e. The molecule has 6 heteroatoms. The fraction of sp³-hybridized carbons (Fsp3) is 0.167. The molecule has 1 heterocycles. The summed E-state index contributed by atoms with van der Waals surface area (Å²) in [5.74, 6) is -0.495. The quantitative estimate of drug-likeness (QED) is 0.624. The van der Waals surface area contributed by atoms with E-state index >= 15 is 0 Å². The van der Waals surface area contributed by atoms with Crippen LogP contribution in [-0.4, -0.2) is 10.1 Å². The third-order valence-corrected chi connectivity index (χ3v) is 2.31. The number of nitrogens with zero attached hydrogens (tertiary/aromatic N) is 1. The summed E-state index contributed by atoms with van der Waals surface area (Å²) in [6.07, 6.45) is -2.75. The van der Waals surface area contributed by atoms with E-state index in [-0.39, 0.29) is 4.47 Å². The van der Waals surface area contributed by atoms with Crippen molar-refractivity contribution in [3.8, 4) is 5.75 Å². The third kappa shape index (κ3) is 2.03. The Labute approximate surface area is 89.3 Å². The maximum absolute atomic E-state index is 12.1. The van der Waals surface area contributed by atoms with Gasteiger partial charge in [-0.2, -0.15) is 0 Å². The minimum atomic E-state index is -2.75. The van der Waals surface area contributed by atoms with Gasteiger partial charge in [0.2, 0.25) is 0 Å². The summed E-state index contributed by atoms with van der Waals surface area (Å²) in [5, 5.41) is 9.10. The summed E-state index contributed by atoms with van der Waals surface area (Å²) in [6, 6.07) is 1.46. The molecule has 0 spiro atoms. The lowest BCUT2D eigenvalue weighted by Crippen LogP contribution is -1.93. The number of rotatable bonds is 1. The van der Waals surface area contributed by atoms with Crippen molar-refractivity contribution in [2.24, 2.45) is 0 Å². The second-order valence-corrected chi connectivity index (χ2v) is 3.92. The molecule has 1 N–H and O–H groups in total. The van der Waals surface area contributed by atoms with Crippen LogP contribution in [0.25, 0.3) is 0 Å². The van der Waals surface area contributed by atoms with E-state index in [0.717, 1.165) is 0 Å². The molecule has 12 heavy (non-hydrogen) atoms. The summed E-state index contributed by atoms with van der Waals surface area (Å²) >= 11 is 4.73. The molecular formula is C6H3BrF2INO. The predicted molar refractivity (Wildman–Crippen MR) is 51.3 cm³/mol. The highest BCUT2D eigenvalue weighted by molar-refractivity contribution is 14.1. The minimum absolute atomic E-state index is 0.234. The summed E-state index contributed by atoms with van der Waals surface area (Å²) in [6.45, 7) is 0. The molecule has 0 aliphatic heterocycles. The average Bonchev–Trinajstić information content (AvgIpc) is 1.96. The van der Waals surface area contributed by atoms with Gasteiger partial charge in [-0.05, 0) is 44.6 Å². The van der Waals surface area contributed by atoms with Crippen molar-refractivity contribution < 1.29 is 13.9 Å². The molecule has 1 aromatic heterocycles. The van der Waals surface area contributed by atoms with E-state index in [0.29, 0.717) is 3.70 Å². The zero-order valence-electron chi connectivity index (χ0n) is 5.56. The van der Waals surface area contributed by atoms with E-state index in [1.165, 1.54) is 6.07 Å². The molecule has 66 valence electrons. The average molecular weight is 350 g/mol. The summed E-state index contributed by atoms with van der Waals surface area (Å²) in [4.78, 5) is 3.49. The van der Waals surface area contributed by atoms with Gasteiger partial charge >= 0.3 is 0 Å². The van der Waals surface area contributed by atoms with E-state index in [2.05, 4.69) is 20.9 Å². The van der Waals surface area contributed by atoms with Crippen molar-refractivity contribution in [1.82, 2.24) is 4.98 Å². The first-order valence-electron chi connectivity index (χ1n) is 2.85. The second kappa shape index (κ2) is 3.82. The molecule has 0 unspecified atom stereocenters. The van der Waals surface area contributed by atoms with Crippen molar-refractivity contribution >= 4 is 38.5 Å². The minimum Gasteiger partial charge on any atom is -0.505 e. The highest BCUT2D eigenvalue weighted by Gasteiger charge is 2.17. The molecule has 0 bridgehead atoms. The Morgan fingerprint density at radius 3 is 2.67 bits per heavy atom. The zero-order valence-corrected chi connectivity index (χ0v) is 9.30. The monoisotopic (exact) mass is 349 g/mol. The Morgan fingerprint density at radius 1 is 1.58 bits per heavy atom. The number of halogens is 4. The van der Waals surface area contributed by atoms with E-state index < -0.39 is 17.9 Å². The van der Waals surface area contributed by atoms with Gasteiger partial charge in [-0.15, -0.1) is 0 Å². The number of alkyl halides is 2. The molecule has 0 fully saturated rings. The molecule has 0 saturated heterocycles. The Hall–Kier alpha value is 0.0200. The molecule has 0 aliphatic carbocycles. The van der Waals surface area contributed by atoms with Crippen molar-refractivity contribution in [1.29, 1.82) is 0 Å². The molecule has 2 nitrogen and oxygen atoms in total. The normalized spacial score (nSPS) is 10.8. The van der Waals surface area contributed by atoms with E-state index in [1.54, 1.807) is 22.6 Å². The molecule has 1 rings (SSSR count). The first-order chi connectivity index (χ1) is 5.52. The molecule has 1 aromatic rings. The van der Waals surface area contributed by atoms with E-state index in [9.17, 15) is 8.78 Å². The van der Waals surface area contributed by atoms with Crippen LogP contribution in [0.4, 0.5) is 8.78 Å². The SMILES string of the molecule is Oc1c(Br)cc(I)nc1C(F)F. The lowest BCUT2D eigenvalue weighted by molar-refractivity contribution is 0.141. The Balaban J connectivity index is 3.28. The van der Waals surface area contributed by atoms with Gasteiger partial charge < -0.3 is 5.11 Å². The van der Waals surface area contributed by atoms with Gasteiger partial charge in [0, 0.05) is 0 Å². The van der Waals surface area contributed by atoms with Crippen LogP contribution in [0.15, 0.2) is 10.5 Å². The Kier molecular flexibility index (Phi) is 3.22. The van der Waals surface area contributed by atoms with Gasteiger partial charge in [-0.1, -0.05) is 0 Å². The predicted octanol–water partition coefficient (Wildman–Crippen LogP) is 3.09. The van der Waals surface area contributed by atoms with Crippen LogP contribution in [0.2, 0.25) is 0 Å². The molecule has 0 atom stereocenters. The van der Waals surface area contributed by atoms with Crippen molar-refractivity contribution in [3.63, 3.8) is 0 Å². The highest BCUT2D eigenvalue weighted by atomic mass is 127. The lowest BCUT2D eigenvalue weighted by atomic mass is 10.3. The molecule has 0 saturated carbocycles. The molecule has 0 aliphatic rings. The van der Waals surface area contributed by atoms with Crippen LogP contribution in [-0.2, 0) is 0 Å². The summed E-state index contributed by atoms with van der Waals surface area (Å²) in [5.41, 5.74) is -0.589. The molecular weight excluding hydrogens is 347 g/mol. The van der Waals surface area contributed by atoms with Gasteiger partial charge in [0.05, 0.1) is 4.47 Å². The first-order valence-corrected chi connectivity index (χ1v) is 4.72. The number of aromatic nitrogens is 1. The number of hydrogen-bond donors (Lipinski definition) is 1. The highest BCUT2D eigenvalue weighted by Crippen LogP contribution is 2.33. The van der Waals surface area contributed by atoms with E-state index in [4.69, 9.17) is 5.11 Å². The maximum Gasteiger partial charge on any atom is 0.284 e. The maximum atomic E-state index is 12.1. The largest absolute Gasteiger partial charge is 0.505 e. The Morgan fingerprint density at radius 2 is 2.17 bits per heavy atom. The van der Waals surface area contributed by atoms with Crippen LogP contribution < -0.4 is 0 Å². The van der Waals surface area contributed by atoms with Gasteiger partial charge in [-0.25, -0.2) is 13.8 Å². The van der Waals surface area contributed by atoms with Crippen LogP contribution in [0, 0.1) is 3.70 Å². The summed E-state index contributed by atoms with van der Waals surface area (Å²) < 4.78 is 24.9. The van der Waals surface area contributed by atoms with Gasteiger partial charge in [0.15, 0.2) is 11.4 Å². The third-order valence-electron chi connectivity index (χ3n) is 1.15. The van der Waals surface area contributed by atoms with Crippen LogP contribution in [0.1, 0.15) is 12.1 Å². The second-order valence-electron chi connectivity index (χ2n) is 1.96. The lowest BCUT2D eigenvalue weighted by Gasteiger charge is -2.04. The van der Waals surface area contributed by atoms with Crippen LogP contribution in [0.5, 0.6) is 5.75 Å². The standard InChI is InChI=1S/C6H3BrF2INO/c7-2-1-3(10)11-4(5(2)12)6(8)9/h1,6,12H. The molecule has 0 amide bonds. The van der Waals surface area contributed by atoms with Crippen molar-refractivity contribution in [2.45, 2.75) is 6.43 Å². The Bertz CT molecular complexity index is 308. The van der Waals surface area contributed by atoms with Crippen LogP contribution >= 0.6 is 38.5 Å². The zero-order chi connectivity index (χ0) is 9.30. The number of aromatic hydroxyl groups is 1. The van der Waals surface area contributed by atoms with Crippen molar-refractivity contribution in [3.05, 3.63) is 19.9 Å². The fourth-order valence-corrected chi connectivity index (χ4v) is 2.07. The summed E-state index contributed by atoms with van der Waals surface area (Å²) in [7, 11) is 0. The molecule has 0 radical (unpaired) electrons. The van der Waals surface area contributed by atoms with Gasteiger partial charge in [0.25, 0.3) is 6.43 Å². The van der Waals surface area contributed by atoms with Gasteiger partial charge in [0.1, 0.15) is 3.70 Å². The number of hydrogen-bond acceptors (Lipinski definition) is 2. The first kappa shape index (κ1) is 10.1. The van der Waals surface area contributed by atoms with Crippen molar-refractivity contribution in [2.75, 3.05) is 0 Å². The number of pyridine rings is 1. The fourth-order valence-electron chi connectivity index (χ4n) is 0.648. The molecule has 0 aromatic carbocycles. The topological polar surface area (TPSA) is 33.1 Å².